The van der Waals surface area contributed by atoms with Gasteiger partial charge in [0.05, 0.1) is 12.2 Å². The molecule has 1 aromatic rings. The highest BCUT2D eigenvalue weighted by molar-refractivity contribution is 5.92. The van der Waals surface area contributed by atoms with E-state index in [4.69, 9.17) is 5.26 Å². The highest BCUT2D eigenvalue weighted by atomic mass is 16.1. The molecule has 7 heteroatoms. The first-order valence-electron chi connectivity index (χ1n) is 5.13. The van der Waals surface area contributed by atoms with E-state index in [2.05, 4.69) is 15.6 Å². The molecule has 1 aliphatic heterocycles. The molecule has 0 saturated carbocycles. The van der Waals surface area contributed by atoms with Gasteiger partial charge in [-0.15, -0.1) is 5.10 Å². The molecule has 16 heavy (non-hydrogen) atoms. The topological polar surface area (TPSA) is 95.6 Å². The van der Waals surface area contributed by atoms with Crippen molar-refractivity contribution in [2.45, 2.75) is 18.9 Å². The molecule has 2 rings (SSSR count). The van der Waals surface area contributed by atoms with Crippen LogP contribution in [0, 0.1) is 11.5 Å². The maximum absolute atomic E-state index is 11.3. The molecule has 84 valence electrons. The monoisotopic (exact) mass is 220 g/mol. The van der Waals surface area contributed by atoms with E-state index in [1.165, 1.54) is 0 Å². The van der Waals surface area contributed by atoms with Gasteiger partial charge in [0.25, 0.3) is 5.91 Å². The lowest BCUT2D eigenvalue weighted by Gasteiger charge is -2.21. The van der Waals surface area contributed by atoms with Crippen molar-refractivity contribution in [2.75, 3.05) is 13.1 Å². The van der Waals surface area contributed by atoms with Gasteiger partial charge < -0.3 is 5.32 Å². The molecule has 1 saturated heterocycles. The van der Waals surface area contributed by atoms with Gasteiger partial charge in [-0.2, -0.15) is 5.26 Å². The molecular weight excluding hydrogens is 208 g/mol. The van der Waals surface area contributed by atoms with Gasteiger partial charge in [0, 0.05) is 0 Å². The number of amides is 1. The average molecular weight is 220 g/mol. The zero-order valence-corrected chi connectivity index (χ0v) is 8.68. The van der Waals surface area contributed by atoms with E-state index < -0.39 is 5.91 Å². The molecule has 0 spiro atoms. The third-order valence-electron chi connectivity index (χ3n) is 2.60. The maximum Gasteiger partial charge on any atom is 0.286 e. The Hall–Kier alpha value is -1.94. The van der Waals surface area contributed by atoms with Crippen molar-refractivity contribution in [3.8, 4) is 6.19 Å². The fourth-order valence-electron chi connectivity index (χ4n) is 1.75. The number of nitriles is 1. The molecule has 1 amide bonds. The van der Waals surface area contributed by atoms with Crippen LogP contribution in [0.15, 0.2) is 6.20 Å². The van der Waals surface area contributed by atoms with Crippen LogP contribution in [0.4, 0.5) is 0 Å². The second kappa shape index (κ2) is 4.72. The van der Waals surface area contributed by atoms with Gasteiger partial charge in [0.2, 0.25) is 0 Å². The van der Waals surface area contributed by atoms with Crippen molar-refractivity contribution in [3.05, 3.63) is 11.9 Å². The highest BCUT2D eigenvalue weighted by Gasteiger charge is 2.18. The lowest BCUT2D eigenvalue weighted by atomic mass is 10.1. The molecule has 0 unspecified atom stereocenters. The summed E-state index contributed by atoms with van der Waals surface area (Å²) < 4.78 is 1.70. The molecule has 0 aromatic carbocycles. The molecule has 2 heterocycles. The SMILES string of the molecule is N#CNC(=O)c1cn(C2CCNCC2)nn1. The van der Waals surface area contributed by atoms with Crippen molar-refractivity contribution >= 4 is 5.91 Å². The van der Waals surface area contributed by atoms with E-state index in [0.717, 1.165) is 25.9 Å². The summed E-state index contributed by atoms with van der Waals surface area (Å²) in [7, 11) is 0. The quantitative estimate of drug-likeness (QED) is 0.513. The number of carbonyl (C=O) groups is 1. The van der Waals surface area contributed by atoms with Crippen molar-refractivity contribution in [3.63, 3.8) is 0 Å². The van der Waals surface area contributed by atoms with E-state index in [0.29, 0.717) is 0 Å². The Morgan fingerprint density at radius 1 is 1.62 bits per heavy atom. The van der Waals surface area contributed by atoms with Crippen LogP contribution >= 0.6 is 0 Å². The lowest BCUT2D eigenvalue weighted by Crippen LogP contribution is -2.29. The Labute approximate surface area is 92.4 Å². The van der Waals surface area contributed by atoms with Gasteiger partial charge in [-0.1, -0.05) is 5.21 Å². The van der Waals surface area contributed by atoms with Gasteiger partial charge in [0.1, 0.15) is 0 Å². The van der Waals surface area contributed by atoms with Crippen LogP contribution in [0.25, 0.3) is 0 Å². The maximum atomic E-state index is 11.3. The zero-order valence-electron chi connectivity index (χ0n) is 8.68. The molecule has 0 atom stereocenters. The number of carbonyl (C=O) groups excluding carboxylic acids is 1. The summed E-state index contributed by atoms with van der Waals surface area (Å²) in [6.07, 6.45) is 5.10. The van der Waals surface area contributed by atoms with Gasteiger partial charge in [-0.05, 0) is 25.9 Å². The van der Waals surface area contributed by atoms with Crippen molar-refractivity contribution in [1.82, 2.24) is 25.6 Å². The molecule has 7 nitrogen and oxygen atoms in total. The predicted octanol–water partition coefficient (Wildman–Crippen LogP) is -0.587. The number of hydrogen-bond donors (Lipinski definition) is 2. The Bertz CT molecular complexity index is 414. The van der Waals surface area contributed by atoms with Crippen LogP contribution in [0.1, 0.15) is 29.4 Å². The number of aromatic nitrogens is 3. The number of piperidine rings is 1. The van der Waals surface area contributed by atoms with Crippen molar-refractivity contribution < 1.29 is 4.79 Å². The third kappa shape index (κ3) is 2.17. The Balaban J connectivity index is 2.07. The largest absolute Gasteiger partial charge is 0.317 e. The minimum Gasteiger partial charge on any atom is -0.317 e. The Morgan fingerprint density at radius 3 is 3.06 bits per heavy atom. The van der Waals surface area contributed by atoms with Crippen LogP contribution in [0.2, 0.25) is 0 Å². The molecule has 0 aliphatic carbocycles. The second-order valence-corrected chi connectivity index (χ2v) is 3.63. The summed E-state index contributed by atoms with van der Waals surface area (Å²) in [6, 6.07) is 0.289. The van der Waals surface area contributed by atoms with Crippen molar-refractivity contribution in [1.29, 1.82) is 5.26 Å². The van der Waals surface area contributed by atoms with Gasteiger partial charge in [-0.3, -0.25) is 10.1 Å². The molecule has 1 aliphatic rings. The predicted molar refractivity (Wildman–Crippen MR) is 54.2 cm³/mol. The summed E-state index contributed by atoms with van der Waals surface area (Å²) in [5.41, 5.74) is 0.181. The zero-order chi connectivity index (χ0) is 11.4. The minimum absolute atomic E-state index is 0.181. The smallest absolute Gasteiger partial charge is 0.286 e. The Morgan fingerprint density at radius 2 is 2.38 bits per heavy atom. The first-order chi connectivity index (χ1) is 7.81. The average Bonchev–Trinajstić information content (AvgIpc) is 2.80. The van der Waals surface area contributed by atoms with E-state index in [-0.39, 0.29) is 11.7 Å². The second-order valence-electron chi connectivity index (χ2n) is 3.63. The number of nitrogens with zero attached hydrogens (tertiary/aromatic N) is 4. The highest BCUT2D eigenvalue weighted by Crippen LogP contribution is 2.16. The third-order valence-corrected chi connectivity index (χ3v) is 2.60. The summed E-state index contributed by atoms with van der Waals surface area (Å²) in [6.45, 7) is 1.90. The van der Waals surface area contributed by atoms with E-state index >= 15 is 0 Å². The van der Waals surface area contributed by atoms with E-state index in [1.54, 1.807) is 17.1 Å². The normalized spacial score (nSPS) is 16.7. The number of nitrogens with one attached hydrogen (secondary N) is 2. The first-order valence-corrected chi connectivity index (χ1v) is 5.13. The van der Waals surface area contributed by atoms with Crippen LogP contribution in [0.3, 0.4) is 0 Å². The fourth-order valence-corrected chi connectivity index (χ4v) is 1.75. The lowest BCUT2D eigenvalue weighted by molar-refractivity contribution is 0.0968. The van der Waals surface area contributed by atoms with E-state index in [9.17, 15) is 4.79 Å². The number of hydrogen-bond acceptors (Lipinski definition) is 5. The van der Waals surface area contributed by atoms with Crippen LogP contribution in [-0.2, 0) is 0 Å². The summed E-state index contributed by atoms with van der Waals surface area (Å²) in [5, 5.41) is 21.2. The van der Waals surface area contributed by atoms with Gasteiger partial charge in [0.15, 0.2) is 11.9 Å². The number of rotatable bonds is 2. The summed E-state index contributed by atoms with van der Waals surface area (Å²) in [5.74, 6) is -0.511. The van der Waals surface area contributed by atoms with Crippen LogP contribution < -0.4 is 10.6 Å². The van der Waals surface area contributed by atoms with Gasteiger partial charge >= 0.3 is 0 Å². The van der Waals surface area contributed by atoms with E-state index in [1.807, 2.05) is 5.32 Å². The molecule has 1 fully saturated rings. The van der Waals surface area contributed by atoms with Crippen LogP contribution in [0.5, 0.6) is 0 Å². The fraction of sp³-hybridized carbons (Fsp3) is 0.556. The van der Waals surface area contributed by atoms with Gasteiger partial charge in [-0.25, -0.2) is 4.68 Å². The van der Waals surface area contributed by atoms with Crippen molar-refractivity contribution in [2.24, 2.45) is 0 Å². The van der Waals surface area contributed by atoms with Crippen LogP contribution in [-0.4, -0.2) is 34.0 Å². The Kier molecular flexibility index (Phi) is 3.12. The molecule has 0 bridgehead atoms. The molecule has 0 radical (unpaired) electrons. The summed E-state index contributed by atoms with van der Waals surface area (Å²) >= 11 is 0. The molecular formula is C9H12N6O. The summed E-state index contributed by atoms with van der Waals surface area (Å²) in [4.78, 5) is 11.3. The molecule has 1 aromatic heterocycles. The minimum atomic E-state index is -0.511. The standard InChI is InChI=1S/C9H12N6O/c10-6-12-9(16)8-5-15(14-13-8)7-1-3-11-4-2-7/h5,7,11H,1-4H2,(H,12,16). The first kappa shape index (κ1) is 10.6. The molecule has 2 N–H and O–H groups in total.